The molecule has 2 aromatic rings. The minimum Gasteiger partial charge on any atom is -0.325 e. The lowest BCUT2D eigenvalue weighted by molar-refractivity contribution is -0.123. The maximum atomic E-state index is 12.4. The van der Waals surface area contributed by atoms with Crippen LogP contribution < -0.4 is 10.9 Å². The molecule has 1 heterocycles. The summed E-state index contributed by atoms with van der Waals surface area (Å²) < 4.78 is 1.86. The topological polar surface area (TPSA) is 64.0 Å². The van der Waals surface area contributed by atoms with Gasteiger partial charge in [0.05, 0.1) is 16.2 Å². The van der Waals surface area contributed by atoms with Crippen LogP contribution in [0.2, 0.25) is 0 Å². The summed E-state index contributed by atoms with van der Waals surface area (Å²) in [6, 6.07) is 7.24. The van der Waals surface area contributed by atoms with Crippen LogP contribution in [0.1, 0.15) is 20.8 Å². The number of aryl methyl sites for hydroxylation is 1. The van der Waals surface area contributed by atoms with Gasteiger partial charge in [0.2, 0.25) is 5.91 Å². The van der Waals surface area contributed by atoms with E-state index >= 15 is 0 Å². The van der Waals surface area contributed by atoms with Gasteiger partial charge < -0.3 is 5.32 Å². The Hall–Kier alpha value is -1.95. The number of para-hydroxylation sites is 1. The molecule has 1 amide bonds. The lowest BCUT2D eigenvalue weighted by atomic mass is 9.95. The number of nitrogens with one attached hydrogen (secondary N) is 1. The van der Waals surface area contributed by atoms with Gasteiger partial charge in [-0.2, -0.15) is 5.10 Å². The van der Waals surface area contributed by atoms with E-state index in [1.165, 1.54) is 4.68 Å². The van der Waals surface area contributed by atoms with E-state index in [4.69, 9.17) is 0 Å². The zero-order valence-corrected chi connectivity index (χ0v) is 14.6. The Morgan fingerprint density at radius 2 is 1.91 bits per heavy atom. The molecule has 0 bridgehead atoms. The molecule has 0 aliphatic rings. The van der Waals surface area contributed by atoms with Gasteiger partial charge in [0, 0.05) is 23.7 Å². The Morgan fingerprint density at radius 1 is 1.27 bits per heavy atom. The summed E-state index contributed by atoms with van der Waals surface area (Å²) in [5, 5.41) is 6.86. The van der Waals surface area contributed by atoms with Crippen molar-refractivity contribution in [3.8, 4) is 11.1 Å². The molecular formula is C16H18BrN3O2. The van der Waals surface area contributed by atoms with Crippen LogP contribution in [0.3, 0.4) is 0 Å². The summed E-state index contributed by atoms with van der Waals surface area (Å²) in [6.07, 6.45) is 1.57. The SMILES string of the molecule is Cn1ncc(Br)c(-c2ccccc2NC(=O)C(C)(C)C)c1=O. The van der Waals surface area contributed by atoms with Gasteiger partial charge >= 0.3 is 0 Å². The van der Waals surface area contributed by atoms with Crippen LogP contribution in [-0.4, -0.2) is 15.7 Å². The number of aromatic nitrogens is 2. The first-order valence-corrected chi connectivity index (χ1v) is 7.64. The Kier molecular flexibility index (Phi) is 4.51. The number of halogens is 1. The number of hydrogen-bond acceptors (Lipinski definition) is 3. The fraction of sp³-hybridized carbons (Fsp3) is 0.312. The van der Waals surface area contributed by atoms with Crippen LogP contribution >= 0.6 is 15.9 Å². The van der Waals surface area contributed by atoms with E-state index in [0.717, 1.165) is 0 Å². The van der Waals surface area contributed by atoms with Crippen LogP contribution in [0, 0.1) is 5.41 Å². The largest absolute Gasteiger partial charge is 0.325 e. The first kappa shape index (κ1) is 16.4. The molecule has 1 aromatic carbocycles. The normalized spacial score (nSPS) is 11.3. The molecule has 0 aliphatic heterocycles. The molecule has 2 rings (SSSR count). The molecular weight excluding hydrogens is 346 g/mol. The molecule has 0 saturated heterocycles. The molecule has 0 aliphatic carbocycles. The number of carbonyl (C=O) groups excluding carboxylic acids is 1. The molecule has 1 aromatic heterocycles. The van der Waals surface area contributed by atoms with Crippen molar-refractivity contribution < 1.29 is 4.79 Å². The Labute approximate surface area is 137 Å². The lowest BCUT2D eigenvalue weighted by Gasteiger charge is -2.19. The maximum absolute atomic E-state index is 12.4. The first-order chi connectivity index (χ1) is 10.2. The predicted octanol–water partition coefficient (Wildman–Crippen LogP) is 3.19. The quantitative estimate of drug-likeness (QED) is 0.890. The smallest absolute Gasteiger partial charge is 0.275 e. The predicted molar refractivity (Wildman–Crippen MR) is 90.7 cm³/mol. The number of benzene rings is 1. The molecule has 0 fully saturated rings. The van der Waals surface area contributed by atoms with Crippen molar-refractivity contribution in [1.29, 1.82) is 0 Å². The van der Waals surface area contributed by atoms with Crippen LogP contribution in [0.5, 0.6) is 0 Å². The second-order valence-electron chi connectivity index (χ2n) is 6.05. The zero-order valence-electron chi connectivity index (χ0n) is 13.0. The van der Waals surface area contributed by atoms with E-state index < -0.39 is 5.41 Å². The third kappa shape index (κ3) is 3.27. The van der Waals surface area contributed by atoms with E-state index in [-0.39, 0.29) is 11.5 Å². The number of carbonyl (C=O) groups is 1. The minimum absolute atomic E-state index is 0.109. The third-order valence-electron chi connectivity index (χ3n) is 3.22. The molecule has 22 heavy (non-hydrogen) atoms. The van der Waals surface area contributed by atoms with Crippen molar-refractivity contribution in [1.82, 2.24) is 9.78 Å². The standard InChI is InChI=1S/C16H18BrN3O2/c1-16(2,3)15(22)19-12-8-6-5-7-10(12)13-11(17)9-18-20(4)14(13)21/h5-9H,1-4H3,(H,19,22). The highest BCUT2D eigenvalue weighted by molar-refractivity contribution is 9.10. The molecule has 1 N–H and O–H groups in total. The second kappa shape index (κ2) is 6.04. The van der Waals surface area contributed by atoms with E-state index in [2.05, 4.69) is 26.3 Å². The summed E-state index contributed by atoms with van der Waals surface area (Å²) in [5.41, 5.74) is 0.989. The van der Waals surface area contributed by atoms with Gasteiger partial charge in [0.15, 0.2) is 0 Å². The highest BCUT2D eigenvalue weighted by Crippen LogP contribution is 2.31. The average molecular weight is 364 g/mol. The average Bonchev–Trinajstić information content (AvgIpc) is 2.44. The fourth-order valence-corrected chi connectivity index (χ4v) is 2.36. The molecule has 116 valence electrons. The number of nitrogens with zero attached hydrogens (tertiary/aromatic N) is 2. The summed E-state index contributed by atoms with van der Waals surface area (Å²) in [6.45, 7) is 5.52. The second-order valence-corrected chi connectivity index (χ2v) is 6.90. The Balaban J connectivity index is 2.58. The van der Waals surface area contributed by atoms with Crippen molar-refractivity contribution in [2.75, 3.05) is 5.32 Å². The number of anilines is 1. The molecule has 0 radical (unpaired) electrons. The fourth-order valence-electron chi connectivity index (χ4n) is 1.88. The molecule has 0 spiro atoms. The van der Waals surface area contributed by atoms with Crippen molar-refractivity contribution in [3.63, 3.8) is 0 Å². The molecule has 5 nitrogen and oxygen atoms in total. The van der Waals surface area contributed by atoms with Crippen LogP contribution in [0.15, 0.2) is 39.7 Å². The van der Waals surface area contributed by atoms with E-state index in [0.29, 0.717) is 21.3 Å². The molecule has 0 unspecified atom stereocenters. The van der Waals surface area contributed by atoms with Gasteiger partial charge in [-0.1, -0.05) is 39.0 Å². The first-order valence-electron chi connectivity index (χ1n) is 6.84. The summed E-state index contributed by atoms with van der Waals surface area (Å²) in [7, 11) is 1.59. The minimum atomic E-state index is -0.520. The molecule has 0 atom stereocenters. The monoisotopic (exact) mass is 363 g/mol. The van der Waals surface area contributed by atoms with Crippen LogP contribution in [-0.2, 0) is 11.8 Å². The van der Waals surface area contributed by atoms with Gasteiger partial charge in [0.1, 0.15) is 0 Å². The summed E-state index contributed by atoms with van der Waals surface area (Å²) in [4.78, 5) is 24.6. The van der Waals surface area contributed by atoms with Crippen LogP contribution in [0.25, 0.3) is 11.1 Å². The number of rotatable bonds is 2. The van der Waals surface area contributed by atoms with Crippen molar-refractivity contribution in [2.45, 2.75) is 20.8 Å². The summed E-state index contributed by atoms with van der Waals surface area (Å²) >= 11 is 3.37. The van der Waals surface area contributed by atoms with E-state index in [1.807, 2.05) is 32.9 Å². The zero-order chi connectivity index (χ0) is 16.5. The molecule has 6 heteroatoms. The highest BCUT2D eigenvalue weighted by atomic mass is 79.9. The van der Waals surface area contributed by atoms with Gasteiger partial charge in [-0.05, 0) is 22.0 Å². The lowest BCUT2D eigenvalue weighted by Crippen LogP contribution is -2.28. The van der Waals surface area contributed by atoms with Crippen molar-refractivity contribution in [3.05, 3.63) is 45.3 Å². The Morgan fingerprint density at radius 3 is 2.55 bits per heavy atom. The van der Waals surface area contributed by atoms with Gasteiger partial charge in [0.25, 0.3) is 5.56 Å². The van der Waals surface area contributed by atoms with E-state index in [1.54, 1.807) is 25.4 Å². The van der Waals surface area contributed by atoms with Crippen molar-refractivity contribution in [2.24, 2.45) is 12.5 Å². The van der Waals surface area contributed by atoms with Gasteiger partial charge in [-0.25, -0.2) is 4.68 Å². The van der Waals surface area contributed by atoms with Gasteiger partial charge in [-0.15, -0.1) is 0 Å². The summed E-state index contributed by atoms with van der Waals surface area (Å²) in [5.74, 6) is -0.109. The van der Waals surface area contributed by atoms with E-state index in [9.17, 15) is 9.59 Å². The van der Waals surface area contributed by atoms with Gasteiger partial charge in [-0.3, -0.25) is 9.59 Å². The third-order valence-corrected chi connectivity index (χ3v) is 3.82. The maximum Gasteiger partial charge on any atom is 0.275 e. The van der Waals surface area contributed by atoms with Crippen LogP contribution in [0.4, 0.5) is 5.69 Å². The highest BCUT2D eigenvalue weighted by Gasteiger charge is 2.23. The number of amides is 1. The number of hydrogen-bond donors (Lipinski definition) is 1. The Bertz CT molecular complexity index is 776. The molecule has 0 saturated carbocycles. The van der Waals surface area contributed by atoms with Crippen molar-refractivity contribution >= 4 is 27.5 Å².